The monoisotopic (exact) mass is 285 g/mol. The fourth-order valence-corrected chi connectivity index (χ4v) is 2.61. The molecular weight excluding hydrogens is 264 g/mol. The van der Waals surface area contributed by atoms with Gasteiger partial charge in [0.1, 0.15) is 0 Å². The van der Waals surface area contributed by atoms with Gasteiger partial charge in [0, 0.05) is 6.04 Å². The maximum atomic E-state index is 13.7. The molecule has 20 heavy (non-hydrogen) atoms. The average Bonchev–Trinajstić information content (AvgIpc) is 2.49. The molecule has 5 heteroatoms. The topological polar surface area (TPSA) is 30.5 Å². The van der Waals surface area contributed by atoms with Gasteiger partial charge in [-0.2, -0.15) is 8.78 Å². The largest absolute Gasteiger partial charge is 0.494 e. The number of rotatable bonds is 5. The van der Waals surface area contributed by atoms with Gasteiger partial charge in [-0.25, -0.2) is 0 Å². The van der Waals surface area contributed by atoms with Crippen LogP contribution in [-0.4, -0.2) is 26.8 Å². The fourth-order valence-electron chi connectivity index (χ4n) is 2.61. The molecule has 0 amide bonds. The van der Waals surface area contributed by atoms with Crippen LogP contribution in [0.4, 0.5) is 8.78 Å². The van der Waals surface area contributed by atoms with Gasteiger partial charge >= 0.3 is 0 Å². The van der Waals surface area contributed by atoms with Crippen LogP contribution < -0.4 is 14.8 Å². The third-order valence-corrected chi connectivity index (χ3v) is 3.96. The maximum absolute atomic E-state index is 13.7. The summed E-state index contributed by atoms with van der Waals surface area (Å²) in [6, 6.07) is 3.36. The number of ether oxygens (including phenoxy) is 2. The van der Waals surface area contributed by atoms with Gasteiger partial charge in [-0.3, -0.25) is 0 Å². The zero-order valence-electron chi connectivity index (χ0n) is 11.9. The molecule has 0 spiro atoms. The van der Waals surface area contributed by atoms with Crippen LogP contribution >= 0.6 is 0 Å². The first-order chi connectivity index (χ1) is 9.65. The Bertz CT molecular complexity index is 446. The normalized spacial score (nSPS) is 22.6. The van der Waals surface area contributed by atoms with Crippen molar-refractivity contribution < 1.29 is 18.3 Å². The summed E-state index contributed by atoms with van der Waals surface area (Å²) in [4.78, 5) is 0. The zero-order valence-corrected chi connectivity index (χ0v) is 11.9. The number of hydrogen-bond donors (Lipinski definition) is 1. The molecule has 0 heterocycles. The molecule has 0 atom stereocenters. The van der Waals surface area contributed by atoms with E-state index >= 15 is 0 Å². The third-order valence-electron chi connectivity index (χ3n) is 3.96. The maximum Gasteiger partial charge on any atom is 0.204 e. The highest BCUT2D eigenvalue weighted by atomic mass is 19.2. The molecular formula is C15H21F2NO2. The van der Waals surface area contributed by atoms with E-state index in [1.165, 1.54) is 19.2 Å². The number of nitrogens with one attached hydrogen (secondary N) is 1. The molecule has 1 aromatic rings. The van der Waals surface area contributed by atoms with E-state index in [2.05, 4.69) is 5.32 Å². The first kappa shape index (κ1) is 15.0. The Labute approximate surface area is 118 Å². The van der Waals surface area contributed by atoms with E-state index in [0.717, 1.165) is 25.7 Å². The molecule has 0 radical (unpaired) electrons. The van der Waals surface area contributed by atoms with E-state index < -0.39 is 11.6 Å². The Morgan fingerprint density at radius 3 is 2.30 bits per heavy atom. The van der Waals surface area contributed by atoms with E-state index in [4.69, 9.17) is 9.47 Å². The highest BCUT2D eigenvalue weighted by Crippen LogP contribution is 2.29. The Balaban J connectivity index is 1.90. The predicted molar refractivity (Wildman–Crippen MR) is 73.2 cm³/mol. The van der Waals surface area contributed by atoms with Gasteiger partial charge in [0.2, 0.25) is 11.6 Å². The van der Waals surface area contributed by atoms with Crippen LogP contribution in [0.5, 0.6) is 11.5 Å². The molecule has 1 fully saturated rings. The van der Waals surface area contributed by atoms with Crippen LogP contribution in [0.15, 0.2) is 12.1 Å². The Kier molecular flexibility index (Phi) is 5.17. The summed E-state index contributed by atoms with van der Waals surface area (Å²) in [7, 11) is 3.27. The molecule has 0 aromatic heterocycles. The van der Waals surface area contributed by atoms with Crippen LogP contribution in [0.25, 0.3) is 0 Å². The van der Waals surface area contributed by atoms with Crippen molar-refractivity contribution in [2.45, 2.75) is 31.7 Å². The first-order valence-electron chi connectivity index (χ1n) is 6.97. The second kappa shape index (κ2) is 6.88. The van der Waals surface area contributed by atoms with Crippen molar-refractivity contribution in [1.29, 1.82) is 0 Å². The van der Waals surface area contributed by atoms with Gasteiger partial charge in [0.15, 0.2) is 11.5 Å². The van der Waals surface area contributed by atoms with Crippen molar-refractivity contribution in [3.8, 4) is 11.5 Å². The highest BCUT2D eigenvalue weighted by molar-refractivity contribution is 5.34. The van der Waals surface area contributed by atoms with E-state index in [1.807, 2.05) is 7.05 Å². The van der Waals surface area contributed by atoms with Crippen molar-refractivity contribution in [2.75, 3.05) is 20.8 Å². The second-order valence-electron chi connectivity index (χ2n) is 5.21. The standard InChI is InChI=1S/C15H21F2NO2/c1-18-11-5-3-10(4-6-11)9-20-13-8-7-12(19-2)14(16)15(13)17/h7-8,10-11,18H,3-6,9H2,1-2H3. The minimum atomic E-state index is -0.996. The summed E-state index contributed by atoms with van der Waals surface area (Å²) in [5.41, 5.74) is 0. The lowest BCUT2D eigenvalue weighted by molar-refractivity contribution is 0.187. The minimum Gasteiger partial charge on any atom is -0.494 e. The number of halogens is 2. The van der Waals surface area contributed by atoms with Gasteiger partial charge in [-0.05, 0) is 50.8 Å². The number of methoxy groups -OCH3 is 1. The molecule has 1 aliphatic carbocycles. The van der Waals surface area contributed by atoms with Gasteiger partial charge in [0.25, 0.3) is 0 Å². The van der Waals surface area contributed by atoms with Crippen LogP contribution in [0.3, 0.4) is 0 Å². The molecule has 3 nitrogen and oxygen atoms in total. The highest BCUT2D eigenvalue weighted by Gasteiger charge is 2.21. The lowest BCUT2D eigenvalue weighted by Crippen LogP contribution is -2.31. The molecule has 0 saturated heterocycles. The second-order valence-corrected chi connectivity index (χ2v) is 5.21. The molecule has 1 N–H and O–H groups in total. The van der Waals surface area contributed by atoms with Crippen LogP contribution in [0, 0.1) is 17.6 Å². The van der Waals surface area contributed by atoms with E-state index in [0.29, 0.717) is 18.6 Å². The number of benzene rings is 1. The number of hydrogen-bond acceptors (Lipinski definition) is 3. The molecule has 0 unspecified atom stereocenters. The van der Waals surface area contributed by atoms with Gasteiger partial charge in [-0.1, -0.05) is 0 Å². The summed E-state index contributed by atoms with van der Waals surface area (Å²) in [6.07, 6.45) is 4.30. The van der Waals surface area contributed by atoms with Crippen LogP contribution in [0.2, 0.25) is 0 Å². The fraction of sp³-hybridized carbons (Fsp3) is 0.600. The lowest BCUT2D eigenvalue weighted by atomic mass is 9.87. The molecule has 0 aliphatic heterocycles. The summed E-state index contributed by atoms with van der Waals surface area (Å²) in [5, 5.41) is 3.26. The van der Waals surface area contributed by atoms with E-state index in [-0.39, 0.29) is 11.5 Å². The predicted octanol–water partition coefficient (Wildman–Crippen LogP) is 3.13. The Hall–Kier alpha value is -1.36. The van der Waals surface area contributed by atoms with Gasteiger partial charge in [-0.15, -0.1) is 0 Å². The SMILES string of the molecule is CNC1CCC(COc2ccc(OC)c(F)c2F)CC1. The molecule has 2 rings (SSSR count). The summed E-state index contributed by atoms with van der Waals surface area (Å²) >= 11 is 0. The first-order valence-corrected chi connectivity index (χ1v) is 6.97. The third kappa shape index (κ3) is 3.39. The zero-order chi connectivity index (χ0) is 14.5. The van der Waals surface area contributed by atoms with Crippen molar-refractivity contribution in [3.05, 3.63) is 23.8 Å². The van der Waals surface area contributed by atoms with Gasteiger partial charge in [0.05, 0.1) is 13.7 Å². The minimum absolute atomic E-state index is 0.0426. The molecule has 1 aliphatic rings. The summed E-state index contributed by atoms with van der Waals surface area (Å²) in [5.74, 6) is -1.72. The van der Waals surface area contributed by atoms with Crippen molar-refractivity contribution in [2.24, 2.45) is 5.92 Å². The van der Waals surface area contributed by atoms with Crippen LogP contribution in [0.1, 0.15) is 25.7 Å². The summed E-state index contributed by atoms with van der Waals surface area (Å²) in [6.45, 7) is 0.430. The Morgan fingerprint density at radius 2 is 1.70 bits per heavy atom. The Morgan fingerprint density at radius 1 is 1.10 bits per heavy atom. The molecule has 1 aromatic carbocycles. The van der Waals surface area contributed by atoms with Crippen molar-refractivity contribution >= 4 is 0 Å². The molecule has 0 bridgehead atoms. The average molecular weight is 285 g/mol. The van der Waals surface area contributed by atoms with Crippen molar-refractivity contribution in [1.82, 2.24) is 5.32 Å². The van der Waals surface area contributed by atoms with E-state index in [1.54, 1.807) is 0 Å². The van der Waals surface area contributed by atoms with E-state index in [9.17, 15) is 8.78 Å². The lowest BCUT2D eigenvalue weighted by Gasteiger charge is -2.28. The quantitative estimate of drug-likeness (QED) is 0.901. The van der Waals surface area contributed by atoms with Gasteiger partial charge < -0.3 is 14.8 Å². The van der Waals surface area contributed by atoms with Crippen molar-refractivity contribution in [3.63, 3.8) is 0 Å². The summed E-state index contributed by atoms with van der Waals surface area (Å²) < 4.78 is 37.4. The van der Waals surface area contributed by atoms with Crippen LogP contribution in [-0.2, 0) is 0 Å². The molecule has 1 saturated carbocycles. The smallest absolute Gasteiger partial charge is 0.204 e. The molecule has 112 valence electrons.